The Morgan fingerprint density at radius 2 is 1.95 bits per heavy atom. The summed E-state index contributed by atoms with van der Waals surface area (Å²) >= 11 is 0. The van der Waals surface area contributed by atoms with Gasteiger partial charge in [-0.1, -0.05) is 26.0 Å². The molecule has 0 heterocycles. The van der Waals surface area contributed by atoms with Crippen LogP contribution >= 0.6 is 0 Å². The number of nitrogens with one attached hydrogen (secondary N) is 1. The van der Waals surface area contributed by atoms with E-state index in [0.29, 0.717) is 24.8 Å². The van der Waals surface area contributed by atoms with Crippen molar-refractivity contribution in [2.45, 2.75) is 59.5 Å². The van der Waals surface area contributed by atoms with Gasteiger partial charge in [-0.05, 0) is 45.6 Å². The minimum absolute atomic E-state index is 0.00122. The van der Waals surface area contributed by atoms with Gasteiger partial charge in [0.05, 0.1) is 6.61 Å². The SMILES string of the molecule is CC(C)CCCOc1c(F)cccc1CNC(C)(C)C. The van der Waals surface area contributed by atoms with E-state index in [1.807, 2.05) is 6.07 Å². The second-order valence-corrected chi connectivity index (χ2v) is 6.72. The fourth-order valence-corrected chi connectivity index (χ4v) is 1.88. The fourth-order valence-electron chi connectivity index (χ4n) is 1.88. The third-order valence-electron chi connectivity index (χ3n) is 3.03. The quantitative estimate of drug-likeness (QED) is 0.741. The summed E-state index contributed by atoms with van der Waals surface area (Å²) in [6.45, 7) is 11.8. The molecule has 1 N–H and O–H groups in total. The lowest BCUT2D eigenvalue weighted by atomic mass is 10.1. The van der Waals surface area contributed by atoms with Crippen molar-refractivity contribution in [3.8, 4) is 5.75 Å². The normalized spacial score (nSPS) is 11.9. The van der Waals surface area contributed by atoms with Crippen LogP contribution in [0.25, 0.3) is 0 Å². The van der Waals surface area contributed by atoms with Crippen molar-refractivity contribution in [1.29, 1.82) is 0 Å². The monoisotopic (exact) mass is 281 g/mol. The molecule has 0 spiro atoms. The molecule has 0 saturated carbocycles. The van der Waals surface area contributed by atoms with E-state index in [4.69, 9.17) is 4.74 Å². The number of ether oxygens (including phenoxy) is 1. The van der Waals surface area contributed by atoms with Gasteiger partial charge in [-0.25, -0.2) is 4.39 Å². The zero-order valence-electron chi connectivity index (χ0n) is 13.4. The summed E-state index contributed by atoms with van der Waals surface area (Å²) < 4.78 is 19.6. The summed E-state index contributed by atoms with van der Waals surface area (Å²) in [5.41, 5.74) is 0.880. The molecule has 2 nitrogen and oxygen atoms in total. The first-order chi connectivity index (χ1) is 9.29. The highest BCUT2D eigenvalue weighted by molar-refractivity contribution is 5.35. The molecule has 0 aliphatic heterocycles. The molecular weight excluding hydrogens is 253 g/mol. The minimum atomic E-state index is -0.275. The van der Waals surface area contributed by atoms with Crippen LogP contribution in [0.4, 0.5) is 4.39 Å². The van der Waals surface area contributed by atoms with E-state index in [2.05, 4.69) is 39.9 Å². The second kappa shape index (κ2) is 7.63. The minimum Gasteiger partial charge on any atom is -0.490 e. The Hall–Kier alpha value is -1.09. The molecule has 1 rings (SSSR count). The highest BCUT2D eigenvalue weighted by atomic mass is 19.1. The first-order valence-corrected chi connectivity index (χ1v) is 7.45. The Morgan fingerprint density at radius 3 is 2.55 bits per heavy atom. The molecule has 0 unspecified atom stereocenters. The molecule has 0 aliphatic rings. The summed E-state index contributed by atoms with van der Waals surface area (Å²) in [7, 11) is 0. The van der Waals surface area contributed by atoms with E-state index in [9.17, 15) is 4.39 Å². The van der Waals surface area contributed by atoms with Crippen LogP contribution in [0.3, 0.4) is 0 Å². The van der Waals surface area contributed by atoms with Crippen molar-refractivity contribution < 1.29 is 9.13 Å². The lowest BCUT2D eigenvalue weighted by Gasteiger charge is -2.22. The van der Waals surface area contributed by atoms with Crippen LogP contribution in [-0.4, -0.2) is 12.1 Å². The third-order valence-corrected chi connectivity index (χ3v) is 3.03. The van der Waals surface area contributed by atoms with Crippen molar-refractivity contribution >= 4 is 0 Å². The summed E-state index contributed by atoms with van der Waals surface area (Å²) in [6, 6.07) is 5.11. The summed E-state index contributed by atoms with van der Waals surface area (Å²) in [5, 5.41) is 3.37. The van der Waals surface area contributed by atoms with Crippen LogP contribution in [0.15, 0.2) is 18.2 Å². The van der Waals surface area contributed by atoms with Gasteiger partial charge >= 0.3 is 0 Å². The van der Waals surface area contributed by atoms with Crippen LogP contribution in [0.5, 0.6) is 5.75 Å². The summed E-state index contributed by atoms with van der Waals surface area (Å²) in [6.07, 6.45) is 2.06. The maximum absolute atomic E-state index is 13.9. The van der Waals surface area contributed by atoms with Gasteiger partial charge in [0.25, 0.3) is 0 Å². The predicted octanol–water partition coefficient (Wildman–Crippen LogP) is 4.53. The summed E-state index contributed by atoms with van der Waals surface area (Å²) in [4.78, 5) is 0. The van der Waals surface area contributed by atoms with Crippen molar-refractivity contribution in [3.63, 3.8) is 0 Å². The number of benzene rings is 1. The molecule has 0 amide bonds. The average Bonchev–Trinajstić information content (AvgIpc) is 2.32. The number of halogens is 1. The molecule has 0 atom stereocenters. The van der Waals surface area contributed by atoms with E-state index < -0.39 is 0 Å². The van der Waals surface area contributed by atoms with Gasteiger partial charge in [0, 0.05) is 17.6 Å². The lowest BCUT2D eigenvalue weighted by Crippen LogP contribution is -2.35. The molecule has 3 heteroatoms. The molecule has 0 bridgehead atoms. The molecule has 1 aromatic rings. The molecule has 0 fully saturated rings. The molecule has 0 aromatic heterocycles. The Balaban J connectivity index is 2.63. The largest absolute Gasteiger partial charge is 0.490 e. The first-order valence-electron chi connectivity index (χ1n) is 7.45. The van der Waals surface area contributed by atoms with Crippen LogP contribution in [0.1, 0.15) is 53.0 Å². The van der Waals surface area contributed by atoms with Crippen LogP contribution in [0, 0.1) is 11.7 Å². The Morgan fingerprint density at radius 1 is 1.25 bits per heavy atom. The lowest BCUT2D eigenvalue weighted by molar-refractivity contribution is 0.279. The average molecular weight is 281 g/mol. The number of para-hydroxylation sites is 1. The van der Waals surface area contributed by atoms with Gasteiger partial charge in [-0.3, -0.25) is 0 Å². The highest BCUT2D eigenvalue weighted by Crippen LogP contribution is 2.23. The van der Waals surface area contributed by atoms with Crippen LogP contribution in [-0.2, 0) is 6.54 Å². The molecular formula is C17H28FNO. The van der Waals surface area contributed by atoms with Crippen LogP contribution < -0.4 is 10.1 Å². The van der Waals surface area contributed by atoms with Gasteiger partial charge in [-0.15, -0.1) is 0 Å². The van der Waals surface area contributed by atoms with Gasteiger partial charge in [0.1, 0.15) is 0 Å². The zero-order chi connectivity index (χ0) is 15.2. The Kier molecular flexibility index (Phi) is 6.47. The maximum Gasteiger partial charge on any atom is 0.165 e. The van der Waals surface area contributed by atoms with E-state index in [0.717, 1.165) is 18.4 Å². The summed E-state index contributed by atoms with van der Waals surface area (Å²) in [5.74, 6) is 0.775. The van der Waals surface area contributed by atoms with E-state index in [-0.39, 0.29) is 11.4 Å². The van der Waals surface area contributed by atoms with Gasteiger partial charge in [-0.2, -0.15) is 0 Å². The van der Waals surface area contributed by atoms with E-state index >= 15 is 0 Å². The molecule has 0 radical (unpaired) electrons. The molecule has 1 aromatic carbocycles. The molecule has 0 aliphatic carbocycles. The molecule has 0 saturated heterocycles. The smallest absolute Gasteiger partial charge is 0.165 e. The number of hydrogen-bond acceptors (Lipinski definition) is 2. The zero-order valence-corrected chi connectivity index (χ0v) is 13.4. The Labute approximate surface area is 122 Å². The van der Waals surface area contributed by atoms with Crippen molar-refractivity contribution in [3.05, 3.63) is 29.6 Å². The van der Waals surface area contributed by atoms with Crippen LogP contribution in [0.2, 0.25) is 0 Å². The van der Waals surface area contributed by atoms with Gasteiger partial charge in [0.2, 0.25) is 0 Å². The predicted molar refractivity (Wildman–Crippen MR) is 82.6 cm³/mol. The standard InChI is InChI=1S/C17H28FNO/c1-13(2)8-7-11-20-16-14(9-6-10-15(16)18)12-19-17(3,4)5/h6,9-10,13,19H,7-8,11-12H2,1-5H3. The number of rotatable bonds is 7. The topological polar surface area (TPSA) is 21.3 Å². The van der Waals surface area contributed by atoms with E-state index in [1.54, 1.807) is 6.07 Å². The maximum atomic E-state index is 13.9. The number of hydrogen-bond donors (Lipinski definition) is 1. The molecule has 114 valence electrons. The van der Waals surface area contributed by atoms with Crippen molar-refractivity contribution in [2.24, 2.45) is 5.92 Å². The van der Waals surface area contributed by atoms with Gasteiger partial charge < -0.3 is 10.1 Å². The Bertz CT molecular complexity index is 410. The second-order valence-electron chi connectivity index (χ2n) is 6.72. The van der Waals surface area contributed by atoms with E-state index in [1.165, 1.54) is 6.07 Å². The highest BCUT2D eigenvalue weighted by Gasteiger charge is 2.13. The third kappa shape index (κ3) is 6.38. The van der Waals surface area contributed by atoms with Gasteiger partial charge in [0.15, 0.2) is 11.6 Å². The fraction of sp³-hybridized carbons (Fsp3) is 0.647. The first kappa shape index (κ1) is 17.0. The van der Waals surface area contributed by atoms with Crippen molar-refractivity contribution in [1.82, 2.24) is 5.32 Å². The molecule has 20 heavy (non-hydrogen) atoms. The van der Waals surface area contributed by atoms with Crippen molar-refractivity contribution in [2.75, 3.05) is 6.61 Å².